The molecule has 0 saturated carbocycles. The first-order valence-electron chi connectivity index (χ1n) is 42.4. The van der Waals surface area contributed by atoms with Crippen molar-refractivity contribution in [1.82, 2.24) is 19.8 Å². The molecule has 2 aliphatic heterocycles. The lowest BCUT2D eigenvalue weighted by molar-refractivity contribution is -0.122. The van der Waals surface area contributed by atoms with Crippen LogP contribution in [0.25, 0.3) is 114 Å². The van der Waals surface area contributed by atoms with Crippen LogP contribution in [-0.4, -0.2) is 53.3 Å². The molecule has 11 aromatic rings. The molecule has 2 amide bonds. The van der Waals surface area contributed by atoms with Gasteiger partial charge in [-0.3, -0.25) is 19.4 Å². The first-order chi connectivity index (χ1) is 55.2. The Morgan fingerprint density at radius 1 is 0.351 bits per heavy atom. The number of nitrogens with zero attached hydrogens (tertiary/aromatic N) is 4. The Labute approximate surface area is 731 Å². The molecule has 10 heterocycles. The number of hydrogen-bond donors (Lipinski definition) is 0. The minimum Gasteiger partial charge on any atom is -0.293 e. The summed E-state index contributed by atoms with van der Waals surface area (Å²) in [7, 11) is 0. The van der Waals surface area contributed by atoms with E-state index in [0.29, 0.717) is 21.7 Å². The SMILES string of the molecule is CCCCCCCCc1cc(/C=C2\SC(=S)N(CC)C2=O)sc1-c1ccc(-c2sc(-c3nc4c(-c5ccc(C(C)(C)C)cc5)c5sc(-c6cc(CCCCCCCC)c(-c7ccc(-c8sc(/C=C9\SC(=S)N(CC)C9=O)cc8CCCCCCCC)s7)s6)nc5c(-c5ccc(C(C)(C)C)cc5)c4s3)cc2CCCCCCCC)s1. The van der Waals surface area contributed by atoms with Gasteiger partial charge in [-0.05, 0) is 181 Å². The average molecular weight is 1740 g/mol. The van der Waals surface area contributed by atoms with Crippen LogP contribution in [0.3, 0.4) is 0 Å². The highest BCUT2D eigenvalue weighted by atomic mass is 32.2. The Morgan fingerprint density at radius 2 is 0.649 bits per heavy atom. The quantitative estimate of drug-likeness (QED) is 0.0214. The largest absolute Gasteiger partial charge is 0.293 e. The molecule has 8 aromatic heterocycles. The van der Waals surface area contributed by atoms with Crippen molar-refractivity contribution in [2.75, 3.05) is 13.1 Å². The summed E-state index contributed by atoms with van der Waals surface area (Å²) < 4.78 is 3.63. The van der Waals surface area contributed by atoms with Gasteiger partial charge in [-0.1, -0.05) is 294 Å². The molecule has 0 spiro atoms. The van der Waals surface area contributed by atoms with Crippen molar-refractivity contribution in [3.8, 4) is 81.0 Å². The number of thiazole rings is 2. The third kappa shape index (κ3) is 20.7. The van der Waals surface area contributed by atoms with Gasteiger partial charge in [0.25, 0.3) is 11.8 Å². The molecule has 0 unspecified atom stereocenters. The van der Waals surface area contributed by atoms with E-state index in [1.165, 1.54) is 243 Å². The van der Waals surface area contributed by atoms with Crippen molar-refractivity contribution in [3.05, 3.63) is 150 Å². The zero-order chi connectivity index (χ0) is 80.2. The normalized spacial score (nSPS) is 14.5. The summed E-state index contributed by atoms with van der Waals surface area (Å²) in [6.45, 7) is 28.2. The maximum absolute atomic E-state index is 13.6. The lowest BCUT2D eigenvalue weighted by Crippen LogP contribution is -2.27. The van der Waals surface area contributed by atoms with Crippen molar-refractivity contribution >= 4 is 192 Å². The fourth-order valence-electron chi connectivity index (χ4n) is 15.6. The Balaban J connectivity index is 0.938. The Morgan fingerprint density at radius 3 is 0.947 bits per heavy atom. The van der Waals surface area contributed by atoms with Gasteiger partial charge in [0.1, 0.15) is 18.7 Å². The van der Waals surface area contributed by atoms with E-state index in [0.717, 1.165) is 114 Å². The van der Waals surface area contributed by atoms with E-state index in [1.807, 2.05) is 105 Å². The number of thioether (sulfide) groups is 2. The monoisotopic (exact) mass is 1740 g/mol. The van der Waals surface area contributed by atoms with Crippen molar-refractivity contribution in [1.29, 1.82) is 0 Å². The van der Waals surface area contributed by atoms with E-state index in [9.17, 15) is 9.59 Å². The van der Waals surface area contributed by atoms with Gasteiger partial charge in [0, 0.05) is 73.0 Å². The van der Waals surface area contributed by atoms with Gasteiger partial charge >= 0.3 is 0 Å². The Bertz CT molecular complexity index is 4840. The zero-order valence-corrected chi connectivity index (χ0v) is 78.9. The number of aryl methyl sites for hydroxylation is 4. The van der Waals surface area contributed by atoms with E-state index in [-0.39, 0.29) is 22.6 Å². The molecule has 2 aliphatic rings. The van der Waals surface area contributed by atoms with Crippen LogP contribution in [0.4, 0.5) is 0 Å². The number of hydrogen-bond acceptors (Lipinski definition) is 16. The Hall–Kier alpha value is -5.06. The number of carbonyl (C=O) groups is 2. The smallest absolute Gasteiger partial charge is 0.266 e. The number of amides is 2. The molecular formula is C96H114N4O2S12. The van der Waals surface area contributed by atoms with Crippen molar-refractivity contribution in [2.24, 2.45) is 0 Å². The van der Waals surface area contributed by atoms with Gasteiger partial charge in [0.05, 0.1) is 40.0 Å². The average Bonchev–Trinajstić information content (AvgIpc) is 1.54. The molecule has 0 radical (unpaired) electrons. The van der Waals surface area contributed by atoms with Crippen LogP contribution < -0.4 is 0 Å². The number of carbonyl (C=O) groups excluding carboxylic acids is 2. The number of aromatic nitrogens is 2. The molecule has 0 bridgehead atoms. The lowest BCUT2D eigenvalue weighted by atomic mass is 9.85. The molecule has 13 rings (SSSR count). The maximum atomic E-state index is 13.6. The van der Waals surface area contributed by atoms with Gasteiger partial charge in [-0.2, -0.15) is 0 Å². The van der Waals surface area contributed by atoms with Crippen LogP contribution in [0, 0.1) is 0 Å². The highest BCUT2D eigenvalue weighted by Crippen LogP contribution is 2.55. The number of rotatable bonds is 40. The fourth-order valence-corrected chi connectivity index (χ4v) is 28.2. The van der Waals surface area contributed by atoms with Gasteiger partial charge in [0.15, 0.2) is 0 Å². The summed E-state index contributed by atoms with van der Waals surface area (Å²) in [5, 5.41) is 2.10. The van der Waals surface area contributed by atoms with Crippen molar-refractivity contribution < 1.29 is 9.59 Å². The number of thiocarbonyl (C=S) groups is 2. The standard InChI is InChI=1S/C96H114N4O2S12/c1-13-19-23-27-31-35-39-63-55-69(59-77-91(101)99(17-5)93(103)111-77)105-83(63)71-51-53-73(107-71)85-65(41-37-33-29-25-21-15-3)57-75(109-85)89-97-81-79(61-43-47-67(48-44-61)95(7,8)9)88-82(80(87(81)113-89)62-45-49-68(50-46-62)96(10,11)12)98-90(114-88)76-58-66(42-38-34-30-26-22-16-4)86(110-76)74-54-52-72(108-74)84-64(40-36-32-28-24-20-14-2)56-70(106-84)60-78-92(102)100(18-6)94(104)112-78/h43-60H,13-42H2,1-12H3/b77-59-,78-60-. The minimum absolute atomic E-state index is 0.0164. The van der Waals surface area contributed by atoms with E-state index < -0.39 is 0 Å². The predicted octanol–water partition coefficient (Wildman–Crippen LogP) is 33.3. The summed E-state index contributed by atoms with van der Waals surface area (Å²) in [6.07, 6.45) is 38.1. The molecule has 2 saturated heterocycles. The summed E-state index contributed by atoms with van der Waals surface area (Å²) in [6, 6.07) is 38.2. The molecule has 0 aliphatic carbocycles. The molecule has 602 valence electrons. The van der Waals surface area contributed by atoms with E-state index >= 15 is 0 Å². The predicted molar refractivity (Wildman–Crippen MR) is 520 cm³/mol. The van der Waals surface area contributed by atoms with Crippen LogP contribution in [0.1, 0.15) is 280 Å². The van der Waals surface area contributed by atoms with E-state index in [4.69, 9.17) is 34.4 Å². The van der Waals surface area contributed by atoms with Crippen LogP contribution in [0.2, 0.25) is 0 Å². The summed E-state index contributed by atoms with van der Waals surface area (Å²) in [5.74, 6) is 0.0327. The second-order valence-corrected chi connectivity index (χ2v) is 44.8. The first kappa shape index (κ1) is 86.8. The third-order valence-corrected chi connectivity index (χ3v) is 34.9. The Kier molecular flexibility index (Phi) is 30.7. The first-order valence-corrected chi connectivity index (χ1v) is 51.4. The van der Waals surface area contributed by atoms with Crippen LogP contribution in [-0.2, 0) is 46.1 Å². The van der Waals surface area contributed by atoms with Gasteiger partial charge in [-0.15, -0.1) is 90.7 Å². The van der Waals surface area contributed by atoms with Gasteiger partial charge < -0.3 is 0 Å². The zero-order valence-electron chi connectivity index (χ0n) is 69.1. The number of fused-ring (bicyclic) bond motifs is 2. The highest BCUT2D eigenvalue weighted by molar-refractivity contribution is 8.27. The van der Waals surface area contributed by atoms with Crippen LogP contribution in [0.15, 0.2) is 107 Å². The van der Waals surface area contributed by atoms with Crippen LogP contribution in [0.5, 0.6) is 0 Å². The number of thiophene rings is 6. The second kappa shape index (κ2) is 40.3. The molecular weight excluding hydrogens is 1630 g/mol. The summed E-state index contributed by atoms with van der Waals surface area (Å²) >= 11 is 29.3. The fraction of sp³-hybridized carbons (Fsp3) is 0.458. The van der Waals surface area contributed by atoms with Gasteiger partial charge in [-0.25, -0.2) is 9.97 Å². The number of likely N-dealkylation sites (N-methyl/N-ethyl adjacent to an activating group) is 2. The minimum atomic E-state index is -0.0244. The molecule has 3 aromatic carbocycles. The molecule has 0 N–H and O–H groups in total. The van der Waals surface area contributed by atoms with Crippen molar-refractivity contribution in [2.45, 2.75) is 274 Å². The second-order valence-electron chi connectivity index (χ2n) is 33.0. The number of unbranched alkanes of at least 4 members (excludes halogenated alkanes) is 20. The van der Waals surface area contributed by atoms with E-state index in [2.05, 4.69) is 178 Å². The molecule has 2 fully saturated rings. The molecule has 114 heavy (non-hydrogen) atoms. The molecule has 18 heteroatoms. The summed E-state index contributed by atoms with van der Waals surface area (Å²) in [4.78, 5) is 59.4. The maximum Gasteiger partial charge on any atom is 0.266 e. The highest BCUT2D eigenvalue weighted by Gasteiger charge is 2.34. The number of benzene rings is 3. The summed E-state index contributed by atoms with van der Waals surface area (Å²) in [5.41, 5.74) is 14.9. The lowest BCUT2D eigenvalue weighted by Gasteiger charge is -2.20. The van der Waals surface area contributed by atoms with E-state index in [1.54, 1.807) is 9.80 Å². The third-order valence-electron chi connectivity index (χ3n) is 22.2. The van der Waals surface area contributed by atoms with Crippen LogP contribution >= 0.6 is 139 Å². The topological polar surface area (TPSA) is 66.4 Å². The molecule has 6 nitrogen and oxygen atoms in total. The van der Waals surface area contributed by atoms with Gasteiger partial charge in [0.2, 0.25) is 0 Å². The molecule has 0 atom stereocenters. The van der Waals surface area contributed by atoms with Crippen molar-refractivity contribution in [3.63, 3.8) is 0 Å².